The summed E-state index contributed by atoms with van der Waals surface area (Å²) in [4.78, 5) is 98.9. The standard InChI is InChI=1S/C47H69N9O7/c1-27(48-9)39(57)53-37(46(3,4)5)44(62)55-22-21-32(25-55)50-41(59)30-17-13-18-31(23-30)42(60)51-33-24-36(43(61)52-35-20-14-16-29-15-11-12-19-34(29)35)56(26-33)45(63)38(47(6,7)8)54-40(58)28(2)49-10/h11-13,15,17-19,23,27-28,32-33,35-38,48-49H,14,16,20-22,24-26H2,1-10H3,(H,50,59)(H,51,60)(H,52,61)(H,53,57)(H,54,58)/t27-,28-,32-,33-,35+,36-,37+,38+/m0/s1. The van der Waals surface area contributed by atoms with Crippen LogP contribution in [-0.2, 0) is 30.4 Å². The van der Waals surface area contributed by atoms with Gasteiger partial charge in [-0.3, -0.25) is 33.6 Å². The topological polar surface area (TPSA) is 210 Å². The van der Waals surface area contributed by atoms with E-state index in [0.29, 0.717) is 13.0 Å². The van der Waals surface area contributed by atoms with E-state index in [0.717, 1.165) is 24.8 Å². The Balaban J connectivity index is 1.28. The Kier molecular flexibility index (Phi) is 15.8. The van der Waals surface area contributed by atoms with Gasteiger partial charge in [-0.2, -0.15) is 0 Å². The number of carbonyl (C=O) groups excluding carboxylic acids is 7. The monoisotopic (exact) mass is 872 g/mol. The van der Waals surface area contributed by atoms with Gasteiger partial charge in [-0.05, 0) is 100 Å². The molecule has 16 heteroatoms. The number of likely N-dealkylation sites (N-methyl/N-ethyl adjacent to an activating group) is 2. The molecule has 2 heterocycles. The molecule has 7 N–H and O–H groups in total. The number of carbonyl (C=O) groups is 7. The van der Waals surface area contributed by atoms with Crippen molar-refractivity contribution in [2.24, 2.45) is 10.8 Å². The molecule has 2 aromatic rings. The van der Waals surface area contributed by atoms with Crippen molar-refractivity contribution in [3.8, 4) is 0 Å². The van der Waals surface area contributed by atoms with Crippen LogP contribution < -0.4 is 37.2 Å². The quantitative estimate of drug-likeness (QED) is 0.148. The van der Waals surface area contributed by atoms with Gasteiger partial charge in [0.15, 0.2) is 0 Å². The third kappa shape index (κ3) is 12.0. The van der Waals surface area contributed by atoms with Gasteiger partial charge in [0.1, 0.15) is 18.1 Å². The van der Waals surface area contributed by atoms with E-state index in [1.807, 2.05) is 59.7 Å². The minimum Gasteiger partial charge on any atom is -0.347 e. The van der Waals surface area contributed by atoms with Crippen LogP contribution in [-0.4, -0.2) is 127 Å². The number of nitrogens with one attached hydrogen (secondary N) is 7. The molecule has 2 aliphatic heterocycles. The van der Waals surface area contributed by atoms with Crippen LogP contribution >= 0.6 is 0 Å². The second-order valence-corrected chi connectivity index (χ2v) is 19.5. The summed E-state index contributed by atoms with van der Waals surface area (Å²) in [6.07, 6.45) is 3.23. The van der Waals surface area contributed by atoms with E-state index in [1.54, 1.807) is 51.0 Å². The van der Waals surface area contributed by atoms with E-state index in [4.69, 9.17) is 0 Å². The Morgan fingerprint density at radius 2 is 1.22 bits per heavy atom. The lowest BCUT2D eigenvalue weighted by atomic mass is 9.85. The van der Waals surface area contributed by atoms with Crippen molar-refractivity contribution in [2.75, 3.05) is 33.7 Å². The molecule has 3 aliphatic rings. The fourth-order valence-electron chi connectivity index (χ4n) is 8.46. The molecule has 2 fully saturated rings. The van der Waals surface area contributed by atoms with Gasteiger partial charge in [-0.1, -0.05) is 71.9 Å². The van der Waals surface area contributed by atoms with Crippen molar-refractivity contribution in [3.63, 3.8) is 0 Å². The summed E-state index contributed by atoms with van der Waals surface area (Å²) in [6.45, 7) is 15.4. The number of amides is 7. The highest BCUT2D eigenvalue weighted by Crippen LogP contribution is 2.32. The molecular formula is C47H69N9O7. The van der Waals surface area contributed by atoms with Crippen molar-refractivity contribution < 1.29 is 33.6 Å². The summed E-state index contributed by atoms with van der Waals surface area (Å²) in [5, 5.41) is 20.8. The zero-order valence-electron chi connectivity index (χ0n) is 38.6. The lowest BCUT2D eigenvalue weighted by molar-refractivity contribution is -0.144. The molecule has 7 amide bonds. The fourth-order valence-corrected chi connectivity index (χ4v) is 8.46. The average Bonchev–Trinajstić information content (AvgIpc) is 3.90. The van der Waals surface area contributed by atoms with Gasteiger partial charge in [0.05, 0.1) is 18.1 Å². The van der Waals surface area contributed by atoms with E-state index in [9.17, 15) is 33.6 Å². The van der Waals surface area contributed by atoms with Crippen LogP contribution in [0.1, 0.15) is 119 Å². The zero-order chi connectivity index (χ0) is 46.4. The Hall–Kier alpha value is -5.35. The Bertz CT molecular complexity index is 2030. The van der Waals surface area contributed by atoms with Gasteiger partial charge < -0.3 is 47.0 Å². The molecule has 0 bridgehead atoms. The Labute approximate surface area is 372 Å². The van der Waals surface area contributed by atoms with Crippen LogP contribution in [0.4, 0.5) is 0 Å². The fraction of sp³-hybridized carbons (Fsp3) is 0.596. The second kappa shape index (κ2) is 20.4. The third-order valence-corrected chi connectivity index (χ3v) is 12.6. The Morgan fingerprint density at radius 1 is 0.667 bits per heavy atom. The van der Waals surface area contributed by atoms with Crippen molar-refractivity contribution in [3.05, 3.63) is 70.8 Å². The first-order chi connectivity index (χ1) is 29.6. The maximum atomic E-state index is 14.5. The number of nitrogens with zero attached hydrogens (tertiary/aromatic N) is 2. The predicted octanol–water partition coefficient (Wildman–Crippen LogP) is 2.19. The van der Waals surface area contributed by atoms with Gasteiger partial charge in [-0.15, -0.1) is 0 Å². The van der Waals surface area contributed by atoms with Gasteiger partial charge in [-0.25, -0.2) is 0 Å². The molecule has 344 valence electrons. The molecule has 1 aliphatic carbocycles. The average molecular weight is 872 g/mol. The molecule has 2 aromatic carbocycles. The summed E-state index contributed by atoms with van der Waals surface area (Å²) in [5.41, 5.74) is 1.43. The first-order valence-corrected chi connectivity index (χ1v) is 22.3. The highest BCUT2D eigenvalue weighted by molar-refractivity contribution is 6.00. The van der Waals surface area contributed by atoms with Crippen LogP contribution in [0.15, 0.2) is 48.5 Å². The lowest BCUT2D eigenvalue weighted by Gasteiger charge is -2.36. The van der Waals surface area contributed by atoms with Gasteiger partial charge in [0, 0.05) is 42.8 Å². The molecule has 63 heavy (non-hydrogen) atoms. The number of likely N-dealkylation sites (tertiary alicyclic amines) is 2. The zero-order valence-corrected chi connectivity index (χ0v) is 38.6. The maximum absolute atomic E-state index is 14.5. The Morgan fingerprint density at radius 3 is 1.79 bits per heavy atom. The molecule has 0 unspecified atom stereocenters. The number of aryl methyl sites for hydroxylation is 1. The van der Waals surface area contributed by atoms with Crippen LogP contribution in [0.25, 0.3) is 0 Å². The van der Waals surface area contributed by atoms with E-state index >= 15 is 0 Å². The van der Waals surface area contributed by atoms with Crippen molar-refractivity contribution >= 4 is 41.4 Å². The van der Waals surface area contributed by atoms with Crippen LogP contribution in [0.5, 0.6) is 0 Å². The third-order valence-electron chi connectivity index (χ3n) is 12.6. The summed E-state index contributed by atoms with van der Waals surface area (Å²) >= 11 is 0. The summed E-state index contributed by atoms with van der Waals surface area (Å²) < 4.78 is 0. The van der Waals surface area contributed by atoms with Crippen LogP contribution in [0, 0.1) is 10.8 Å². The minimum absolute atomic E-state index is 0.0271. The first-order valence-electron chi connectivity index (χ1n) is 22.3. The number of fused-ring (bicyclic) bond motifs is 1. The first kappa shape index (κ1) is 48.7. The molecular weight excluding hydrogens is 803 g/mol. The van der Waals surface area contributed by atoms with Crippen molar-refractivity contribution in [1.82, 2.24) is 47.0 Å². The SMILES string of the molecule is CN[C@@H](C)C(=O)N[C@H](C(=O)N1CC[C@H](NC(=O)c2cccc(C(=O)N[C@H]3C[C@@H](C(=O)N[C@@H]4CCCc5ccccc54)N(C(=O)[C@@H](NC(=O)[C@H](C)NC)C(C)(C)C)C3)c2)C1)C(C)(C)C. The van der Waals surface area contributed by atoms with E-state index in [1.165, 1.54) is 16.5 Å². The predicted molar refractivity (Wildman–Crippen MR) is 240 cm³/mol. The molecule has 0 spiro atoms. The van der Waals surface area contributed by atoms with E-state index < -0.39 is 64.8 Å². The van der Waals surface area contributed by atoms with Crippen LogP contribution in [0.3, 0.4) is 0 Å². The van der Waals surface area contributed by atoms with Crippen molar-refractivity contribution in [1.29, 1.82) is 0 Å². The smallest absolute Gasteiger partial charge is 0.251 e. The largest absolute Gasteiger partial charge is 0.347 e. The van der Waals surface area contributed by atoms with Gasteiger partial charge in [0.2, 0.25) is 29.5 Å². The summed E-state index contributed by atoms with van der Waals surface area (Å²) in [6, 6.07) is 9.44. The molecule has 16 nitrogen and oxygen atoms in total. The highest BCUT2D eigenvalue weighted by atomic mass is 16.2. The lowest BCUT2D eigenvalue weighted by Crippen LogP contribution is -2.59. The van der Waals surface area contributed by atoms with Gasteiger partial charge in [0.25, 0.3) is 11.8 Å². The van der Waals surface area contributed by atoms with E-state index in [2.05, 4.69) is 43.3 Å². The normalized spacial score (nSPS) is 21.9. The minimum atomic E-state index is -0.964. The molecule has 5 rings (SSSR count). The van der Waals surface area contributed by atoms with Crippen molar-refractivity contribution in [2.45, 2.75) is 136 Å². The number of rotatable bonds is 14. The molecule has 0 aromatic heterocycles. The second-order valence-electron chi connectivity index (χ2n) is 19.5. The van der Waals surface area contributed by atoms with Gasteiger partial charge >= 0.3 is 0 Å². The molecule has 0 radical (unpaired) electrons. The van der Waals surface area contributed by atoms with E-state index in [-0.39, 0.29) is 66.3 Å². The maximum Gasteiger partial charge on any atom is 0.251 e. The summed E-state index contributed by atoms with van der Waals surface area (Å²) in [5.74, 6) is -2.50. The molecule has 0 saturated carbocycles. The van der Waals surface area contributed by atoms with Crippen LogP contribution in [0.2, 0.25) is 0 Å². The summed E-state index contributed by atoms with van der Waals surface area (Å²) in [7, 11) is 3.33. The highest BCUT2D eigenvalue weighted by Gasteiger charge is 2.46. The number of hydrogen-bond acceptors (Lipinski definition) is 9. The number of hydrogen-bond donors (Lipinski definition) is 7. The molecule has 8 atom stereocenters. The number of benzene rings is 2. The molecule has 2 saturated heterocycles.